The smallest absolute Gasteiger partial charge is 0.283 e. The largest absolute Gasteiger partial charge is 0.472 e. The zero-order chi connectivity index (χ0) is 14.8. The van der Waals surface area contributed by atoms with E-state index >= 15 is 0 Å². The van der Waals surface area contributed by atoms with Crippen LogP contribution in [-0.2, 0) is 0 Å². The van der Waals surface area contributed by atoms with Crippen molar-refractivity contribution in [2.75, 3.05) is 0 Å². The molecule has 2 heterocycles. The molecule has 0 aliphatic heterocycles. The van der Waals surface area contributed by atoms with Gasteiger partial charge >= 0.3 is 0 Å². The molecule has 1 amide bonds. The molecular weight excluding hydrogens is 331 g/mol. The number of nitrogens with zero attached hydrogens (tertiary/aromatic N) is 1. The number of hydrogen-bond donors (Lipinski definition) is 1. The third-order valence-corrected chi connectivity index (χ3v) is 4.69. The molecule has 106 valence electrons. The highest BCUT2D eigenvalue weighted by Gasteiger charge is 2.18. The maximum atomic E-state index is 12.1. The standard InChI is InChI=1S/C14H8Cl2N2O2S/c15-9-2-1-3-10-11(9)12(16)13(21-10)14(19)18-17-6-8-4-5-20-7-8/h1-7H,(H,18,19). The van der Waals surface area contributed by atoms with Gasteiger partial charge in [-0.3, -0.25) is 4.79 Å². The van der Waals surface area contributed by atoms with Crippen LogP contribution < -0.4 is 5.43 Å². The molecule has 0 atom stereocenters. The molecule has 3 rings (SSSR count). The van der Waals surface area contributed by atoms with Gasteiger partial charge in [0.15, 0.2) is 0 Å². The fourth-order valence-electron chi connectivity index (χ4n) is 1.78. The predicted molar refractivity (Wildman–Crippen MR) is 85.6 cm³/mol. The summed E-state index contributed by atoms with van der Waals surface area (Å²) < 4.78 is 5.75. The third kappa shape index (κ3) is 2.81. The number of furan rings is 1. The van der Waals surface area contributed by atoms with Crippen LogP contribution in [0.1, 0.15) is 15.2 Å². The summed E-state index contributed by atoms with van der Waals surface area (Å²) in [6.07, 6.45) is 4.52. The summed E-state index contributed by atoms with van der Waals surface area (Å²) in [5.41, 5.74) is 3.18. The second-order valence-corrected chi connectivity index (χ2v) is 5.95. The molecule has 0 saturated carbocycles. The number of hydrogen-bond acceptors (Lipinski definition) is 4. The van der Waals surface area contributed by atoms with Crippen LogP contribution >= 0.6 is 34.5 Å². The molecule has 1 aromatic carbocycles. The van der Waals surface area contributed by atoms with Gasteiger partial charge in [-0.05, 0) is 18.2 Å². The Morgan fingerprint density at radius 3 is 2.90 bits per heavy atom. The van der Waals surface area contributed by atoms with Gasteiger partial charge < -0.3 is 4.42 Å². The predicted octanol–water partition coefficient (Wildman–Crippen LogP) is 4.57. The zero-order valence-corrected chi connectivity index (χ0v) is 12.8. The number of hydrazone groups is 1. The highest BCUT2D eigenvalue weighted by atomic mass is 35.5. The normalized spacial score (nSPS) is 11.3. The van der Waals surface area contributed by atoms with Gasteiger partial charge in [0.05, 0.1) is 28.8 Å². The zero-order valence-electron chi connectivity index (χ0n) is 10.5. The van der Waals surface area contributed by atoms with Crippen LogP contribution in [0, 0.1) is 0 Å². The highest BCUT2D eigenvalue weighted by Crippen LogP contribution is 2.39. The molecule has 0 spiro atoms. The fraction of sp³-hybridized carbons (Fsp3) is 0. The van der Waals surface area contributed by atoms with E-state index in [1.807, 2.05) is 12.1 Å². The number of fused-ring (bicyclic) bond motifs is 1. The quantitative estimate of drug-likeness (QED) is 0.562. The first-order valence-corrected chi connectivity index (χ1v) is 7.46. The molecule has 0 saturated heterocycles. The van der Waals surface area contributed by atoms with Gasteiger partial charge in [-0.25, -0.2) is 5.43 Å². The fourth-order valence-corrected chi connectivity index (χ4v) is 3.63. The number of nitrogens with one attached hydrogen (secondary N) is 1. The Labute approximate surface area is 134 Å². The van der Waals surface area contributed by atoms with E-state index in [4.69, 9.17) is 27.6 Å². The van der Waals surface area contributed by atoms with Gasteiger partial charge in [0, 0.05) is 15.6 Å². The number of carbonyl (C=O) groups is 1. The molecule has 2 aromatic heterocycles. The van der Waals surface area contributed by atoms with Gasteiger partial charge in [-0.1, -0.05) is 29.3 Å². The van der Waals surface area contributed by atoms with Crippen molar-refractivity contribution >= 4 is 56.7 Å². The first-order chi connectivity index (χ1) is 10.2. The molecule has 0 fully saturated rings. The minimum absolute atomic E-state index is 0.344. The van der Waals surface area contributed by atoms with Crippen LogP contribution in [0.2, 0.25) is 10.0 Å². The number of halogens is 2. The molecule has 7 heteroatoms. The lowest BCUT2D eigenvalue weighted by Gasteiger charge is -1.97. The van der Waals surface area contributed by atoms with Crippen LogP contribution in [0.25, 0.3) is 10.1 Å². The van der Waals surface area contributed by atoms with E-state index < -0.39 is 0 Å². The van der Waals surface area contributed by atoms with Gasteiger partial charge in [0.2, 0.25) is 0 Å². The molecule has 0 aliphatic carbocycles. The summed E-state index contributed by atoms with van der Waals surface area (Å²) in [5, 5.41) is 5.41. The van der Waals surface area contributed by atoms with Crippen molar-refractivity contribution in [1.29, 1.82) is 0 Å². The van der Waals surface area contributed by atoms with Crippen LogP contribution in [-0.4, -0.2) is 12.1 Å². The second kappa shape index (κ2) is 5.89. The van der Waals surface area contributed by atoms with Crippen LogP contribution in [0.4, 0.5) is 0 Å². The molecule has 1 N–H and O–H groups in total. The summed E-state index contributed by atoms with van der Waals surface area (Å²) in [5.74, 6) is -0.378. The van der Waals surface area contributed by atoms with Crippen molar-refractivity contribution in [2.45, 2.75) is 0 Å². The first kappa shape index (κ1) is 14.1. The second-order valence-electron chi connectivity index (χ2n) is 4.11. The maximum absolute atomic E-state index is 12.1. The third-order valence-electron chi connectivity index (χ3n) is 2.74. The molecule has 4 nitrogen and oxygen atoms in total. The van der Waals surface area contributed by atoms with E-state index in [2.05, 4.69) is 10.5 Å². The molecule has 0 bridgehead atoms. The van der Waals surface area contributed by atoms with E-state index in [1.165, 1.54) is 30.1 Å². The number of benzene rings is 1. The Balaban J connectivity index is 1.85. The van der Waals surface area contributed by atoms with E-state index in [1.54, 1.807) is 12.1 Å². The monoisotopic (exact) mass is 338 g/mol. The Hall–Kier alpha value is -1.82. The average molecular weight is 339 g/mol. The van der Waals surface area contributed by atoms with Crippen LogP contribution in [0.3, 0.4) is 0 Å². The van der Waals surface area contributed by atoms with Crippen molar-refractivity contribution in [3.8, 4) is 0 Å². The van der Waals surface area contributed by atoms with E-state index in [0.717, 1.165) is 10.3 Å². The van der Waals surface area contributed by atoms with Gasteiger partial charge in [-0.15, -0.1) is 11.3 Å². The topological polar surface area (TPSA) is 54.6 Å². The Morgan fingerprint density at radius 1 is 1.33 bits per heavy atom. The Bertz CT molecular complexity index is 825. The minimum atomic E-state index is -0.378. The summed E-state index contributed by atoms with van der Waals surface area (Å²) in [4.78, 5) is 12.5. The molecule has 3 aromatic rings. The van der Waals surface area contributed by atoms with Crippen LogP contribution in [0.5, 0.6) is 0 Å². The Kier molecular flexibility index (Phi) is 3.96. The van der Waals surface area contributed by atoms with Gasteiger partial charge in [0.1, 0.15) is 4.88 Å². The average Bonchev–Trinajstić information content (AvgIpc) is 3.08. The molecule has 0 radical (unpaired) electrons. The summed E-state index contributed by atoms with van der Waals surface area (Å²) >= 11 is 13.6. The molecular formula is C14H8Cl2N2O2S. The van der Waals surface area contributed by atoms with E-state index in [9.17, 15) is 4.79 Å². The van der Waals surface area contributed by atoms with Gasteiger partial charge in [-0.2, -0.15) is 5.10 Å². The number of carbonyl (C=O) groups excluding carboxylic acids is 1. The van der Waals surface area contributed by atoms with E-state index in [0.29, 0.717) is 20.3 Å². The van der Waals surface area contributed by atoms with Gasteiger partial charge in [0.25, 0.3) is 5.91 Å². The minimum Gasteiger partial charge on any atom is -0.472 e. The number of rotatable bonds is 3. The summed E-state index contributed by atoms with van der Waals surface area (Å²) in [6.45, 7) is 0. The first-order valence-electron chi connectivity index (χ1n) is 5.89. The molecule has 21 heavy (non-hydrogen) atoms. The SMILES string of the molecule is O=C(NN=Cc1ccoc1)c1sc2cccc(Cl)c2c1Cl. The number of amides is 1. The summed E-state index contributed by atoms with van der Waals surface area (Å²) in [6, 6.07) is 7.14. The lowest BCUT2D eigenvalue weighted by molar-refractivity contribution is 0.0959. The van der Waals surface area contributed by atoms with Crippen molar-refractivity contribution in [1.82, 2.24) is 5.43 Å². The number of thiophene rings is 1. The molecule has 0 aliphatic rings. The van der Waals surface area contributed by atoms with Crippen molar-refractivity contribution in [3.05, 3.63) is 57.3 Å². The lowest BCUT2D eigenvalue weighted by Crippen LogP contribution is -2.16. The summed E-state index contributed by atoms with van der Waals surface area (Å²) in [7, 11) is 0. The van der Waals surface area contributed by atoms with E-state index in [-0.39, 0.29) is 5.91 Å². The van der Waals surface area contributed by atoms with Crippen molar-refractivity contribution in [3.63, 3.8) is 0 Å². The lowest BCUT2D eigenvalue weighted by atomic mass is 10.2. The van der Waals surface area contributed by atoms with Crippen LogP contribution in [0.15, 0.2) is 46.3 Å². The van der Waals surface area contributed by atoms with Crippen molar-refractivity contribution in [2.24, 2.45) is 5.10 Å². The van der Waals surface area contributed by atoms with Crippen molar-refractivity contribution < 1.29 is 9.21 Å². The highest BCUT2D eigenvalue weighted by molar-refractivity contribution is 7.21. The molecule has 0 unspecified atom stereocenters. The Morgan fingerprint density at radius 2 is 2.19 bits per heavy atom. The maximum Gasteiger partial charge on any atom is 0.283 e.